The number of piperidine rings is 1. The van der Waals surface area contributed by atoms with Gasteiger partial charge in [0, 0.05) is 37.4 Å². The lowest BCUT2D eigenvalue weighted by Gasteiger charge is -2.28. The number of carbonyl (C=O) groups is 2. The lowest BCUT2D eigenvalue weighted by Crippen LogP contribution is -2.40. The largest absolute Gasteiger partial charge is 0.378 e. The minimum Gasteiger partial charge on any atom is -0.378 e. The van der Waals surface area contributed by atoms with Crippen LogP contribution in [0.4, 0.5) is 17.3 Å². The molecule has 0 atom stereocenters. The van der Waals surface area contributed by atoms with E-state index in [2.05, 4.69) is 20.2 Å². The molecule has 186 valence electrons. The highest BCUT2D eigenvalue weighted by atomic mass is 16.5. The van der Waals surface area contributed by atoms with Gasteiger partial charge in [-0.2, -0.15) is 0 Å². The maximum Gasteiger partial charge on any atom is 0.271 e. The minimum atomic E-state index is -0.644. The van der Waals surface area contributed by atoms with E-state index in [9.17, 15) is 9.59 Å². The summed E-state index contributed by atoms with van der Waals surface area (Å²) in [6.45, 7) is 12.2. The Hall–Kier alpha value is -3.20. The second-order valence-electron chi connectivity index (χ2n) is 7.44. The Morgan fingerprint density at radius 1 is 0.941 bits per heavy atom. The molecule has 0 unspecified atom stereocenters. The molecular formula is C25H38N6O3. The Bertz CT molecular complexity index is 907. The Labute approximate surface area is 202 Å². The molecule has 0 radical (unpaired) electrons. The van der Waals surface area contributed by atoms with Gasteiger partial charge in [-0.25, -0.2) is 9.97 Å². The Balaban J connectivity index is 0.000000970. The lowest BCUT2D eigenvalue weighted by molar-refractivity contribution is 0.0303. The van der Waals surface area contributed by atoms with Crippen molar-refractivity contribution in [3.63, 3.8) is 0 Å². The van der Waals surface area contributed by atoms with E-state index in [1.54, 1.807) is 35.4 Å². The molecule has 3 N–H and O–H groups in total. The van der Waals surface area contributed by atoms with Crippen LogP contribution in [0.5, 0.6) is 0 Å². The van der Waals surface area contributed by atoms with Crippen molar-refractivity contribution in [2.75, 3.05) is 49.6 Å². The molecule has 0 saturated carbocycles. The van der Waals surface area contributed by atoms with Crippen LogP contribution in [0.1, 0.15) is 67.8 Å². The third-order valence-electron chi connectivity index (χ3n) is 5.37. The molecule has 2 saturated heterocycles. The number of nitrogens with two attached hydrogens (primary N) is 1. The van der Waals surface area contributed by atoms with Crippen LogP contribution >= 0.6 is 0 Å². The van der Waals surface area contributed by atoms with Crippen molar-refractivity contribution in [2.45, 2.75) is 47.0 Å². The van der Waals surface area contributed by atoms with Gasteiger partial charge in [0.1, 0.15) is 5.82 Å². The van der Waals surface area contributed by atoms with Crippen molar-refractivity contribution in [1.82, 2.24) is 14.9 Å². The fourth-order valence-electron chi connectivity index (χ4n) is 3.70. The normalized spacial score (nSPS) is 15.3. The van der Waals surface area contributed by atoms with Gasteiger partial charge in [0.25, 0.3) is 11.8 Å². The molecular weight excluding hydrogens is 432 g/mol. The topological polar surface area (TPSA) is 114 Å². The molecule has 0 bridgehead atoms. The number of nitrogens with one attached hydrogen (secondary N) is 1. The molecule has 2 fully saturated rings. The van der Waals surface area contributed by atoms with Gasteiger partial charge in [0.05, 0.1) is 19.4 Å². The summed E-state index contributed by atoms with van der Waals surface area (Å²) in [6.07, 6.45) is 5.03. The van der Waals surface area contributed by atoms with Crippen LogP contribution in [-0.4, -0.2) is 66.1 Å². The summed E-state index contributed by atoms with van der Waals surface area (Å²) < 4.78 is 5.30. The number of morpholine rings is 1. The first-order chi connectivity index (χ1) is 16.6. The van der Waals surface area contributed by atoms with Crippen molar-refractivity contribution in [3.8, 4) is 0 Å². The molecule has 0 aliphatic carbocycles. The maximum absolute atomic E-state index is 12.6. The molecule has 4 rings (SSSR count). The first-order valence-corrected chi connectivity index (χ1v) is 12.3. The lowest BCUT2D eigenvalue weighted by atomic mass is 10.1. The van der Waals surface area contributed by atoms with Crippen LogP contribution in [0, 0.1) is 0 Å². The number of hydrogen-bond acceptors (Lipinski definition) is 7. The Morgan fingerprint density at radius 2 is 1.56 bits per heavy atom. The molecule has 2 aliphatic rings. The van der Waals surface area contributed by atoms with Gasteiger partial charge < -0.3 is 25.6 Å². The molecule has 0 spiro atoms. The standard InChI is InChI=1S/C21H26N6O3.2C2H6/c22-19(28)18-20(25-17(14-23-18)26-8-2-1-3-9-26)24-16-6-4-15(5-7-16)21(29)27-10-12-30-13-11-27;2*1-2/h4-7,14H,1-3,8-13H2,(H2,22,28)(H,24,25);2*1-2H3. The van der Waals surface area contributed by atoms with Gasteiger partial charge in [-0.3, -0.25) is 9.59 Å². The van der Waals surface area contributed by atoms with Crippen LogP contribution in [0.15, 0.2) is 30.5 Å². The highest BCUT2D eigenvalue weighted by Gasteiger charge is 2.20. The van der Waals surface area contributed by atoms with Crippen molar-refractivity contribution < 1.29 is 14.3 Å². The smallest absolute Gasteiger partial charge is 0.271 e. The maximum atomic E-state index is 12.6. The van der Waals surface area contributed by atoms with E-state index >= 15 is 0 Å². The van der Waals surface area contributed by atoms with E-state index in [0.29, 0.717) is 43.4 Å². The SMILES string of the molecule is CC.CC.NC(=O)c1ncc(N2CCCCC2)nc1Nc1ccc(C(=O)N2CCOCC2)cc1. The summed E-state index contributed by atoms with van der Waals surface area (Å²) in [5, 5.41) is 3.13. The van der Waals surface area contributed by atoms with Gasteiger partial charge in [-0.1, -0.05) is 27.7 Å². The van der Waals surface area contributed by atoms with Crippen molar-refractivity contribution >= 4 is 29.1 Å². The highest BCUT2D eigenvalue weighted by molar-refractivity contribution is 5.97. The summed E-state index contributed by atoms with van der Waals surface area (Å²) in [7, 11) is 0. The Morgan fingerprint density at radius 3 is 2.15 bits per heavy atom. The van der Waals surface area contributed by atoms with Gasteiger partial charge in [0.15, 0.2) is 11.5 Å². The van der Waals surface area contributed by atoms with E-state index in [0.717, 1.165) is 31.7 Å². The van der Waals surface area contributed by atoms with Gasteiger partial charge >= 0.3 is 0 Å². The second-order valence-corrected chi connectivity index (χ2v) is 7.44. The van der Waals surface area contributed by atoms with Crippen molar-refractivity contribution in [1.29, 1.82) is 0 Å². The number of benzene rings is 1. The molecule has 2 amide bonds. The quantitative estimate of drug-likeness (QED) is 0.682. The second kappa shape index (κ2) is 14.1. The fourth-order valence-corrected chi connectivity index (χ4v) is 3.70. The van der Waals surface area contributed by atoms with Gasteiger partial charge in [-0.05, 0) is 43.5 Å². The summed E-state index contributed by atoms with van der Waals surface area (Å²) in [6, 6.07) is 7.08. The molecule has 1 aromatic heterocycles. The third-order valence-corrected chi connectivity index (χ3v) is 5.37. The molecule has 2 aromatic rings. The first-order valence-electron chi connectivity index (χ1n) is 12.3. The zero-order valence-corrected chi connectivity index (χ0v) is 20.8. The molecule has 1 aromatic carbocycles. The van der Waals surface area contributed by atoms with Crippen molar-refractivity contribution in [3.05, 3.63) is 41.7 Å². The number of amides is 2. The first kappa shape index (κ1) is 27.0. The van der Waals surface area contributed by atoms with Crippen molar-refractivity contribution in [2.24, 2.45) is 5.73 Å². The highest BCUT2D eigenvalue weighted by Crippen LogP contribution is 2.23. The van der Waals surface area contributed by atoms with Crippen LogP contribution < -0.4 is 16.0 Å². The summed E-state index contributed by atoms with van der Waals surface area (Å²) in [5.74, 6) is 0.378. The van der Waals surface area contributed by atoms with Crippen LogP contribution in [0.3, 0.4) is 0 Å². The Kier molecular flexibility index (Phi) is 11.3. The number of primary amides is 1. The predicted molar refractivity (Wildman–Crippen MR) is 136 cm³/mol. The molecule has 9 nitrogen and oxygen atoms in total. The molecule has 34 heavy (non-hydrogen) atoms. The van der Waals surface area contributed by atoms with E-state index in [1.165, 1.54) is 6.42 Å². The zero-order chi connectivity index (χ0) is 24.9. The zero-order valence-electron chi connectivity index (χ0n) is 20.8. The fraction of sp³-hybridized carbons (Fsp3) is 0.520. The minimum absolute atomic E-state index is 0.0189. The number of aromatic nitrogens is 2. The van der Waals surface area contributed by atoms with Crippen LogP contribution in [0.25, 0.3) is 0 Å². The number of ether oxygens (including phenoxy) is 1. The number of anilines is 3. The predicted octanol–water partition coefficient (Wildman–Crippen LogP) is 3.83. The number of rotatable bonds is 5. The molecule has 9 heteroatoms. The van der Waals surface area contributed by atoms with E-state index < -0.39 is 5.91 Å². The summed E-state index contributed by atoms with van der Waals surface area (Å²) >= 11 is 0. The van der Waals surface area contributed by atoms with E-state index in [1.807, 2.05) is 27.7 Å². The van der Waals surface area contributed by atoms with Crippen LogP contribution in [-0.2, 0) is 4.74 Å². The molecule has 3 heterocycles. The summed E-state index contributed by atoms with van der Waals surface area (Å²) in [4.78, 5) is 37.2. The average molecular weight is 471 g/mol. The monoisotopic (exact) mass is 470 g/mol. The van der Waals surface area contributed by atoms with E-state index in [4.69, 9.17) is 10.5 Å². The van der Waals surface area contributed by atoms with E-state index in [-0.39, 0.29) is 11.6 Å². The van der Waals surface area contributed by atoms with Gasteiger partial charge in [-0.15, -0.1) is 0 Å². The third kappa shape index (κ3) is 7.15. The average Bonchev–Trinajstić information content (AvgIpc) is 2.92. The number of nitrogens with zero attached hydrogens (tertiary/aromatic N) is 4. The number of hydrogen-bond donors (Lipinski definition) is 2. The van der Waals surface area contributed by atoms with Crippen LogP contribution in [0.2, 0.25) is 0 Å². The summed E-state index contributed by atoms with van der Waals surface area (Å²) in [5.41, 5.74) is 6.87. The number of carbonyl (C=O) groups excluding carboxylic acids is 2. The molecule has 2 aliphatic heterocycles. The van der Waals surface area contributed by atoms with Gasteiger partial charge in [0.2, 0.25) is 0 Å².